The third-order valence-corrected chi connectivity index (χ3v) is 2.76. The molecular weight excluding hydrogens is 228 g/mol. The van der Waals surface area contributed by atoms with Gasteiger partial charge in [0.15, 0.2) is 11.6 Å². The van der Waals surface area contributed by atoms with Gasteiger partial charge in [0.05, 0.1) is 6.20 Å². The molecule has 90 valence electrons. The molecule has 0 unspecified atom stereocenters. The molecule has 0 spiro atoms. The zero-order valence-corrected chi connectivity index (χ0v) is 9.95. The van der Waals surface area contributed by atoms with Crippen LogP contribution in [0.4, 0.5) is 0 Å². The smallest absolute Gasteiger partial charge is 0.199 e. The lowest BCUT2D eigenvalue weighted by atomic mass is 10.1. The predicted octanol–water partition coefficient (Wildman–Crippen LogP) is 1.43. The van der Waals surface area contributed by atoms with Crippen LogP contribution in [-0.2, 0) is 6.42 Å². The lowest BCUT2D eigenvalue weighted by Crippen LogP contribution is -2.18. The Morgan fingerprint density at radius 1 is 1.11 bits per heavy atom. The van der Waals surface area contributed by atoms with E-state index in [1.165, 1.54) is 11.9 Å². The van der Waals surface area contributed by atoms with E-state index in [0.29, 0.717) is 12.2 Å². The van der Waals surface area contributed by atoms with E-state index in [0.717, 1.165) is 11.5 Å². The number of rotatable bonds is 3. The predicted molar refractivity (Wildman–Crippen MR) is 66.2 cm³/mol. The highest BCUT2D eigenvalue weighted by Gasteiger charge is 2.15. The third kappa shape index (κ3) is 1.79. The summed E-state index contributed by atoms with van der Waals surface area (Å²) in [5, 5.41) is 0. The molecule has 0 saturated heterocycles. The van der Waals surface area contributed by atoms with Crippen molar-refractivity contribution >= 4 is 0 Å². The largest absolute Gasteiger partial charge is 0.414 e. The van der Waals surface area contributed by atoms with E-state index >= 15 is 0 Å². The van der Waals surface area contributed by atoms with E-state index in [1.54, 1.807) is 18.0 Å². The Morgan fingerprint density at radius 2 is 1.94 bits per heavy atom. The molecule has 0 fully saturated rings. The van der Waals surface area contributed by atoms with E-state index in [9.17, 15) is 0 Å². The van der Waals surface area contributed by atoms with Gasteiger partial charge in [-0.1, -0.05) is 30.3 Å². The summed E-state index contributed by atoms with van der Waals surface area (Å²) >= 11 is 0. The third-order valence-electron chi connectivity index (χ3n) is 2.76. The maximum atomic E-state index is 5.34. The van der Waals surface area contributed by atoms with Crippen LogP contribution in [0.1, 0.15) is 11.4 Å². The number of nitrogens with zero attached hydrogens (tertiary/aromatic N) is 4. The Morgan fingerprint density at radius 3 is 2.72 bits per heavy atom. The molecule has 0 N–H and O–H groups in total. The SMILES string of the molecule is COn1c(Cc2ccccc2)ncc2ncnc1-2. The molecule has 0 bridgehead atoms. The van der Waals surface area contributed by atoms with Crippen molar-refractivity contribution in [2.24, 2.45) is 0 Å². The zero-order chi connectivity index (χ0) is 12.4. The van der Waals surface area contributed by atoms with E-state index in [1.807, 2.05) is 18.2 Å². The highest BCUT2D eigenvalue weighted by Crippen LogP contribution is 2.17. The van der Waals surface area contributed by atoms with Gasteiger partial charge in [0.1, 0.15) is 19.1 Å². The van der Waals surface area contributed by atoms with Gasteiger partial charge in [0.25, 0.3) is 0 Å². The molecule has 2 heterocycles. The molecule has 2 aliphatic rings. The summed E-state index contributed by atoms with van der Waals surface area (Å²) in [6.45, 7) is 0. The Labute approximate surface area is 104 Å². The van der Waals surface area contributed by atoms with Crippen LogP contribution in [0.3, 0.4) is 0 Å². The molecule has 18 heavy (non-hydrogen) atoms. The van der Waals surface area contributed by atoms with Crippen molar-refractivity contribution in [3.05, 3.63) is 54.2 Å². The van der Waals surface area contributed by atoms with Crippen LogP contribution in [0.25, 0.3) is 11.5 Å². The minimum atomic E-state index is 0.692. The van der Waals surface area contributed by atoms with Gasteiger partial charge in [-0.25, -0.2) is 15.0 Å². The highest BCUT2D eigenvalue weighted by atomic mass is 16.6. The van der Waals surface area contributed by atoms with E-state index < -0.39 is 0 Å². The number of hydrogen-bond donors (Lipinski definition) is 0. The van der Waals surface area contributed by atoms with Crippen LogP contribution in [0.15, 0.2) is 42.9 Å². The zero-order valence-electron chi connectivity index (χ0n) is 9.95. The first-order valence-corrected chi connectivity index (χ1v) is 5.64. The molecule has 0 amide bonds. The molecule has 5 heteroatoms. The maximum absolute atomic E-state index is 5.34. The number of hydrogen-bond acceptors (Lipinski definition) is 4. The summed E-state index contributed by atoms with van der Waals surface area (Å²) in [5.41, 5.74) is 1.91. The van der Waals surface area contributed by atoms with Crippen molar-refractivity contribution in [2.75, 3.05) is 7.11 Å². The fraction of sp³-hybridized carbons (Fsp3) is 0.154. The fourth-order valence-electron chi connectivity index (χ4n) is 1.92. The van der Waals surface area contributed by atoms with Gasteiger partial charge in [-0.05, 0) is 5.56 Å². The first-order chi connectivity index (χ1) is 8.88. The van der Waals surface area contributed by atoms with E-state index in [-0.39, 0.29) is 0 Å². The molecule has 2 aliphatic heterocycles. The molecule has 0 saturated carbocycles. The van der Waals surface area contributed by atoms with Crippen LogP contribution in [0.2, 0.25) is 0 Å². The van der Waals surface area contributed by atoms with Crippen LogP contribution >= 0.6 is 0 Å². The Bertz CT molecular complexity index is 620. The Balaban J connectivity index is 2.04. The molecule has 1 aromatic carbocycles. The van der Waals surface area contributed by atoms with Crippen molar-refractivity contribution in [2.45, 2.75) is 6.42 Å². The average Bonchev–Trinajstić information content (AvgIpc) is 2.88. The van der Waals surface area contributed by atoms with Crippen LogP contribution in [0, 0.1) is 0 Å². The minimum Gasteiger partial charge on any atom is -0.414 e. The second-order valence-corrected chi connectivity index (χ2v) is 3.90. The van der Waals surface area contributed by atoms with Gasteiger partial charge in [0, 0.05) is 6.42 Å². The molecule has 0 radical (unpaired) electrons. The van der Waals surface area contributed by atoms with Crippen LogP contribution < -0.4 is 4.84 Å². The van der Waals surface area contributed by atoms with Gasteiger partial charge in [-0.3, -0.25) is 0 Å². The first kappa shape index (κ1) is 10.7. The van der Waals surface area contributed by atoms with Crippen molar-refractivity contribution in [1.29, 1.82) is 0 Å². The summed E-state index contributed by atoms with van der Waals surface area (Å²) in [5.74, 6) is 1.50. The molecule has 3 rings (SSSR count). The molecule has 0 aliphatic carbocycles. The second kappa shape index (κ2) is 4.44. The number of fused-ring (bicyclic) bond motifs is 1. The standard InChI is InChI=1S/C13H12N4O/c1-18-17-12(7-10-5-3-2-4-6-10)14-8-11-13(17)16-9-15-11/h2-6,8-9H,7H2,1H3. The fourth-order valence-corrected chi connectivity index (χ4v) is 1.92. The minimum absolute atomic E-state index is 0.692. The van der Waals surface area contributed by atoms with Crippen molar-refractivity contribution in [3.63, 3.8) is 0 Å². The monoisotopic (exact) mass is 240 g/mol. The molecule has 0 aromatic heterocycles. The number of benzene rings is 1. The lowest BCUT2D eigenvalue weighted by Gasteiger charge is -2.13. The molecule has 0 atom stereocenters. The van der Waals surface area contributed by atoms with Crippen molar-refractivity contribution < 1.29 is 4.84 Å². The van der Waals surface area contributed by atoms with Crippen molar-refractivity contribution in [3.8, 4) is 11.5 Å². The first-order valence-electron chi connectivity index (χ1n) is 5.64. The van der Waals surface area contributed by atoms with Gasteiger partial charge >= 0.3 is 0 Å². The highest BCUT2D eigenvalue weighted by molar-refractivity contribution is 5.49. The quantitative estimate of drug-likeness (QED) is 0.695. The lowest BCUT2D eigenvalue weighted by molar-refractivity contribution is 0.156. The van der Waals surface area contributed by atoms with Crippen LogP contribution in [-0.4, -0.2) is 26.8 Å². The molecular formula is C13H12N4O. The van der Waals surface area contributed by atoms with E-state index in [4.69, 9.17) is 4.84 Å². The second-order valence-electron chi connectivity index (χ2n) is 3.90. The van der Waals surface area contributed by atoms with Gasteiger partial charge < -0.3 is 4.84 Å². The number of aromatic nitrogens is 4. The maximum Gasteiger partial charge on any atom is 0.199 e. The van der Waals surface area contributed by atoms with Gasteiger partial charge in [0.2, 0.25) is 0 Å². The number of imidazole rings is 1. The topological polar surface area (TPSA) is 52.8 Å². The summed E-state index contributed by atoms with van der Waals surface area (Å²) in [4.78, 5) is 18.0. The average molecular weight is 240 g/mol. The van der Waals surface area contributed by atoms with Gasteiger partial charge in [-0.15, -0.1) is 4.73 Å². The van der Waals surface area contributed by atoms with E-state index in [2.05, 4.69) is 27.1 Å². The summed E-state index contributed by atoms with van der Waals surface area (Å²) in [7, 11) is 1.60. The molecule has 1 aromatic rings. The Kier molecular flexibility index (Phi) is 2.64. The van der Waals surface area contributed by atoms with Crippen LogP contribution in [0.5, 0.6) is 0 Å². The van der Waals surface area contributed by atoms with Gasteiger partial charge in [-0.2, -0.15) is 0 Å². The Hall–Kier alpha value is -2.43. The normalized spacial score (nSPS) is 10.7. The molecule has 5 nitrogen and oxygen atoms in total. The summed E-state index contributed by atoms with van der Waals surface area (Å²) in [6, 6.07) is 10.1. The summed E-state index contributed by atoms with van der Waals surface area (Å²) in [6.07, 6.45) is 3.92. The van der Waals surface area contributed by atoms with Crippen molar-refractivity contribution in [1.82, 2.24) is 19.7 Å². The summed E-state index contributed by atoms with van der Waals surface area (Å²) < 4.78 is 1.62.